The van der Waals surface area contributed by atoms with Gasteiger partial charge in [-0.2, -0.15) is 0 Å². The number of hydrogen-bond acceptors (Lipinski definition) is 3. The Hall–Kier alpha value is -1.85. The molecule has 0 aliphatic rings. The fraction of sp³-hybridized carbons (Fsp3) is 0.375. The van der Waals surface area contributed by atoms with Crippen molar-refractivity contribution in [1.82, 2.24) is 5.32 Å². The summed E-state index contributed by atoms with van der Waals surface area (Å²) in [7, 11) is 0. The van der Waals surface area contributed by atoms with Crippen LogP contribution < -0.4 is 5.32 Å². The first-order chi connectivity index (χ1) is 10.5. The smallest absolute Gasteiger partial charge is 0.328 e. The molecule has 0 aliphatic heterocycles. The van der Waals surface area contributed by atoms with Crippen molar-refractivity contribution in [2.75, 3.05) is 13.2 Å². The molecule has 1 rings (SSSR count). The van der Waals surface area contributed by atoms with E-state index >= 15 is 0 Å². The van der Waals surface area contributed by atoms with Crippen LogP contribution in [0.4, 0.5) is 0 Å². The van der Waals surface area contributed by atoms with Gasteiger partial charge in [0.25, 0.3) is 0 Å². The highest BCUT2D eigenvalue weighted by molar-refractivity contribution is 6.30. The number of hydrogen-bond donors (Lipinski definition) is 2. The maximum Gasteiger partial charge on any atom is 0.328 e. The van der Waals surface area contributed by atoms with Crippen LogP contribution in [0, 0.1) is 0 Å². The van der Waals surface area contributed by atoms with E-state index in [0.717, 1.165) is 12.0 Å². The van der Waals surface area contributed by atoms with Crippen LogP contribution in [0.25, 0.3) is 0 Å². The standard InChI is InChI=1S/C16H20ClNO4/c1-2-10-22-11-14(16(20)21)18-15(19)5-3-4-12-6-8-13(17)9-7-12/h2,6-9,14H,1,3-5,10-11H2,(H,18,19)(H,20,21). The molecule has 120 valence electrons. The molecule has 0 heterocycles. The molecule has 1 aromatic rings. The second-order valence-electron chi connectivity index (χ2n) is 4.76. The van der Waals surface area contributed by atoms with Crippen molar-refractivity contribution in [2.45, 2.75) is 25.3 Å². The lowest BCUT2D eigenvalue weighted by molar-refractivity contribution is -0.143. The molecule has 0 radical (unpaired) electrons. The van der Waals surface area contributed by atoms with Gasteiger partial charge in [0.1, 0.15) is 0 Å². The number of amides is 1. The van der Waals surface area contributed by atoms with Crippen LogP contribution in [0.5, 0.6) is 0 Å². The highest BCUT2D eigenvalue weighted by Crippen LogP contribution is 2.11. The van der Waals surface area contributed by atoms with Crippen LogP contribution in [-0.4, -0.2) is 36.2 Å². The molecule has 0 spiro atoms. The van der Waals surface area contributed by atoms with Crippen LogP contribution in [0.2, 0.25) is 5.02 Å². The Morgan fingerprint density at radius 3 is 2.64 bits per heavy atom. The first-order valence-corrected chi connectivity index (χ1v) is 7.36. The third kappa shape index (κ3) is 7.24. The fourth-order valence-corrected chi connectivity index (χ4v) is 1.94. The van der Waals surface area contributed by atoms with E-state index in [1.165, 1.54) is 6.08 Å². The summed E-state index contributed by atoms with van der Waals surface area (Å²) in [4.78, 5) is 22.8. The molecular weight excluding hydrogens is 306 g/mol. The maximum atomic E-state index is 11.8. The molecule has 0 aliphatic carbocycles. The predicted molar refractivity (Wildman–Crippen MR) is 85.0 cm³/mol. The van der Waals surface area contributed by atoms with Crippen molar-refractivity contribution >= 4 is 23.5 Å². The number of carbonyl (C=O) groups excluding carboxylic acids is 1. The summed E-state index contributed by atoms with van der Waals surface area (Å²) >= 11 is 5.80. The van der Waals surface area contributed by atoms with Gasteiger partial charge in [-0.3, -0.25) is 4.79 Å². The summed E-state index contributed by atoms with van der Waals surface area (Å²) in [6, 6.07) is 6.37. The third-order valence-electron chi connectivity index (χ3n) is 2.94. The van der Waals surface area contributed by atoms with Gasteiger partial charge in [0.15, 0.2) is 6.04 Å². The number of aryl methyl sites for hydroxylation is 1. The highest BCUT2D eigenvalue weighted by atomic mass is 35.5. The zero-order chi connectivity index (χ0) is 16.4. The van der Waals surface area contributed by atoms with Gasteiger partial charge in [-0.1, -0.05) is 29.8 Å². The molecule has 0 aromatic heterocycles. The lowest BCUT2D eigenvalue weighted by atomic mass is 10.1. The molecule has 0 saturated heterocycles. The highest BCUT2D eigenvalue weighted by Gasteiger charge is 2.19. The Morgan fingerprint density at radius 1 is 1.36 bits per heavy atom. The number of carbonyl (C=O) groups is 2. The van der Waals surface area contributed by atoms with Crippen molar-refractivity contribution in [2.24, 2.45) is 0 Å². The number of carboxylic acid groups (broad SMARTS) is 1. The van der Waals surface area contributed by atoms with E-state index in [0.29, 0.717) is 11.4 Å². The van der Waals surface area contributed by atoms with E-state index < -0.39 is 12.0 Å². The molecule has 0 bridgehead atoms. The van der Waals surface area contributed by atoms with Gasteiger partial charge in [-0.05, 0) is 30.5 Å². The number of aliphatic carboxylic acids is 1. The Morgan fingerprint density at radius 2 is 2.05 bits per heavy atom. The lowest BCUT2D eigenvalue weighted by Crippen LogP contribution is -2.44. The Bertz CT molecular complexity index is 501. The Kier molecular flexibility index (Phi) is 8.25. The van der Waals surface area contributed by atoms with Crippen LogP contribution in [-0.2, 0) is 20.7 Å². The van der Waals surface area contributed by atoms with Crippen LogP contribution >= 0.6 is 11.6 Å². The summed E-state index contributed by atoms with van der Waals surface area (Å²) < 4.78 is 5.07. The number of benzene rings is 1. The summed E-state index contributed by atoms with van der Waals surface area (Å²) in [5.74, 6) is -1.42. The van der Waals surface area contributed by atoms with E-state index in [-0.39, 0.29) is 25.5 Å². The molecule has 2 N–H and O–H groups in total. The molecule has 1 amide bonds. The minimum atomic E-state index is -1.12. The topological polar surface area (TPSA) is 75.6 Å². The van der Waals surface area contributed by atoms with E-state index in [1.54, 1.807) is 12.1 Å². The predicted octanol–water partition coefficient (Wildman–Crippen LogP) is 2.43. The van der Waals surface area contributed by atoms with E-state index in [2.05, 4.69) is 11.9 Å². The first-order valence-electron chi connectivity index (χ1n) is 6.98. The van der Waals surface area contributed by atoms with Crippen molar-refractivity contribution < 1.29 is 19.4 Å². The van der Waals surface area contributed by atoms with E-state index in [9.17, 15) is 9.59 Å². The number of rotatable bonds is 10. The van der Waals surface area contributed by atoms with Gasteiger partial charge in [0.2, 0.25) is 5.91 Å². The van der Waals surface area contributed by atoms with Crippen molar-refractivity contribution in [3.8, 4) is 0 Å². The quantitative estimate of drug-likeness (QED) is 0.512. The van der Waals surface area contributed by atoms with Gasteiger partial charge < -0.3 is 15.2 Å². The molecule has 1 unspecified atom stereocenters. The number of halogens is 1. The van der Waals surface area contributed by atoms with Crippen LogP contribution in [0.3, 0.4) is 0 Å². The van der Waals surface area contributed by atoms with Gasteiger partial charge in [-0.15, -0.1) is 6.58 Å². The average molecular weight is 326 g/mol. The van der Waals surface area contributed by atoms with Gasteiger partial charge in [0, 0.05) is 11.4 Å². The maximum absolute atomic E-state index is 11.8. The largest absolute Gasteiger partial charge is 0.480 e. The molecule has 1 atom stereocenters. The fourth-order valence-electron chi connectivity index (χ4n) is 1.81. The normalized spacial score (nSPS) is 11.7. The van der Waals surface area contributed by atoms with Crippen molar-refractivity contribution in [3.63, 3.8) is 0 Å². The Balaban J connectivity index is 2.32. The Labute approximate surface area is 134 Å². The molecule has 1 aromatic carbocycles. The molecule has 6 heteroatoms. The molecule has 0 fully saturated rings. The van der Waals surface area contributed by atoms with E-state index in [1.807, 2.05) is 12.1 Å². The third-order valence-corrected chi connectivity index (χ3v) is 3.19. The average Bonchev–Trinajstić information content (AvgIpc) is 2.48. The van der Waals surface area contributed by atoms with Gasteiger partial charge in [0.05, 0.1) is 13.2 Å². The van der Waals surface area contributed by atoms with E-state index in [4.69, 9.17) is 21.4 Å². The molecule has 22 heavy (non-hydrogen) atoms. The lowest BCUT2D eigenvalue weighted by Gasteiger charge is -2.14. The van der Waals surface area contributed by atoms with Crippen LogP contribution in [0.15, 0.2) is 36.9 Å². The zero-order valence-corrected chi connectivity index (χ0v) is 13.0. The van der Waals surface area contributed by atoms with Gasteiger partial charge >= 0.3 is 5.97 Å². The van der Waals surface area contributed by atoms with Crippen molar-refractivity contribution in [1.29, 1.82) is 0 Å². The SMILES string of the molecule is C=CCOCC(NC(=O)CCCc1ccc(Cl)cc1)C(=O)O. The van der Waals surface area contributed by atoms with Crippen LogP contribution in [0.1, 0.15) is 18.4 Å². The molecule has 5 nitrogen and oxygen atoms in total. The number of ether oxygens (including phenoxy) is 1. The summed E-state index contributed by atoms with van der Waals surface area (Å²) in [6.45, 7) is 3.64. The first kappa shape index (κ1) is 18.2. The molecule has 0 saturated carbocycles. The van der Waals surface area contributed by atoms with Gasteiger partial charge in [-0.25, -0.2) is 4.79 Å². The second-order valence-corrected chi connectivity index (χ2v) is 5.20. The molecular formula is C16H20ClNO4. The zero-order valence-electron chi connectivity index (χ0n) is 12.3. The minimum Gasteiger partial charge on any atom is -0.480 e. The summed E-state index contributed by atoms with van der Waals surface area (Å²) in [5.41, 5.74) is 1.08. The second kappa shape index (κ2) is 9.97. The number of nitrogens with one attached hydrogen (secondary N) is 1. The number of carboxylic acids is 1. The monoisotopic (exact) mass is 325 g/mol. The van der Waals surface area contributed by atoms with Crippen molar-refractivity contribution in [3.05, 3.63) is 47.5 Å². The summed E-state index contributed by atoms with van der Waals surface area (Å²) in [6.07, 6.45) is 3.14. The summed E-state index contributed by atoms with van der Waals surface area (Å²) in [5, 5.41) is 12.1. The minimum absolute atomic E-state index is 0.0791.